The molecule has 3 aromatic rings. The zero-order valence-electron chi connectivity index (χ0n) is 17.6. The average Bonchev–Trinajstić information content (AvgIpc) is 3.19. The molecule has 1 unspecified atom stereocenters. The lowest BCUT2D eigenvalue weighted by Gasteiger charge is -2.32. The molecule has 1 atom stereocenters. The maximum absolute atomic E-state index is 13.8. The molecule has 0 radical (unpaired) electrons. The van der Waals surface area contributed by atoms with Crippen LogP contribution in [0.3, 0.4) is 0 Å². The number of aryl methyl sites for hydroxylation is 1. The first-order valence-electron chi connectivity index (χ1n) is 10.3. The van der Waals surface area contributed by atoms with E-state index >= 15 is 0 Å². The van der Waals surface area contributed by atoms with Crippen molar-refractivity contribution >= 4 is 5.91 Å². The molecule has 0 spiro atoms. The van der Waals surface area contributed by atoms with Crippen LogP contribution in [0.15, 0.2) is 53.1 Å². The van der Waals surface area contributed by atoms with Crippen molar-refractivity contribution in [3.63, 3.8) is 0 Å². The number of halogens is 1. The SMILES string of the molecule is COc1ccccc1-c1noc(C)c1C(=O)N1CCCC(COc2ccccc2F)C1. The topological polar surface area (TPSA) is 64.8 Å². The third-order valence-electron chi connectivity index (χ3n) is 5.56. The normalized spacial score (nSPS) is 16.2. The standard InChI is InChI=1S/C24H25FN2O4/c1-16-22(23(26-31-16)18-9-3-5-11-20(18)29-2)24(28)27-13-7-8-17(14-27)15-30-21-12-6-4-10-19(21)25/h3-6,9-12,17H,7-8,13-15H2,1-2H3. The molecule has 1 aliphatic heterocycles. The van der Waals surface area contributed by atoms with Gasteiger partial charge in [-0.3, -0.25) is 4.79 Å². The Hall–Kier alpha value is -3.35. The molecule has 0 saturated carbocycles. The van der Waals surface area contributed by atoms with Crippen LogP contribution in [0.1, 0.15) is 29.0 Å². The summed E-state index contributed by atoms with van der Waals surface area (Å²) in [7, 11) is 1.58. The van der Waals surface area contributed by atoms with Gasteiger partial charge in [0, 0.05) is 24.6 Å². The number of piperidine rings is 1. The first-order valence-corrected chi connectivity index (χ1v) is 10.3. The van der Waals surface area contributed by atoms with Crippen LogP contribution in [-0.2, 0) is 0 Å². The molecule has 1 aromatic heterocycles. The fourth-order valence-corrected chi connectivity index (χ4v) is 3.96. The second kappa shape index (κ2) is 9.20. The molecule has 31 heavy (non-hydrogen) atoms. The third-order valence-corrected chi connectivity index (χ3v) is 5.56. The van der Waals surface area contributed by atoms with Crippen LogP contribution >= 0.6 is 0 Å². The first-order chi connectivity index (χ1) is 15.1. The Morgan fingerprint density at radius 2 is 1.94 bits per heavy atom. The molecule has 0 N–H and O–H groups in total. The van der Waals surface area contributed by atoms with Crippen molar-refractivity contribution in [2.24, 2.45) is 5.92 Å². The highest BCUT2D eigenvalue weighted by Gasteiger charge is 2.31. The van der Waals surface area contributed by atoms with Gasteiger partial charge in [0.05, 0.1) is 13.7 Å². The van der Waals surface area contributed by atoms with Crippen molar-refractivity contribution in [2.45, 2.75) is 19.8 Å². The van der Waals surface area contributed by atoms with Gasteiger partial charge in [-0.15, -0.1) is 0 Å². The predicted octanol–water partition coefficient (Wildman–Crippen LogP) is 4.73. The van der Waals surface area contributed by atoms with E-state index in [-0.39, 0.29) is 23.4 Å². The summed E-state index contributed by atoms with van der Waals surface area (Å²) in [6.45, 7) is 3.27. The van der Waals surface area contributed by atoms with E-state index in [0.29, 0.717) is 48.0 Å². The molecule has 1 amide bonds. The number of carbonyl (C=O) groups excluding carboxylic acids is 1. The molecule has 2 aromatic carbocycles. The highest BCUT2D eigenvalue weighted by Crippen LogP contribution is 2.34. The maximum atomic E-state index is 13.8. The minimum Gasteiger partial charge on any atom is -0.496 e. The van der Waals surface area contributed by atoms with E-state index < -0.39 is 0 Å². The molecule has 1 aliphatic rings. The number of hydrogen-bond donors (Lipinski definition) is 0. The van der Waals surface area contributed by atoms with Crippen LogP contribution in [0.2, 0.25) is 0 Å². The van der Waals surface area contributed by atoms with Crippen LogP contribution in [0.5, 0.6) is 11.5 Å². The molecule has 1 fully saturated rings. The fraction of sp³-hybridized carbons (Fsp3) is 0.333. The zero-order chi connectivity index (χ0) is 21.8. The Labute approximate surface area is 180 Å². The first kappa shape index (κ1) is 20.9. The summed E-state index contributed by atoms with van der Waals surface area (Å²) in [6.07, 6.45) is 1.77. The number of para-hydroxylation sites is 2. The number of rotatable bonds is 6. The number of benzene rings is 2. The van der Waals surface area contributed by atoms with Gasteiger partial charge in [-0.1, -0.05) is 29.4 Å². The Balaban J connectivity index is 1.51. The second-order valence-electron chi connectivity index (χ2n) is 7.66. The minimum absolute atomic E-state index is 0.118. The number of methoxy groups -OCH3 is 1. The maximum Gasteiger partial charge on any atom is 0.259 e. The molecular weight excluding hydrogens is 399 g/mol. The van der Waals surface area contributed by atoms with Gasteiger partial charge >= 0.3 is 0 Å². The van der Waals surface area contributed by atoms with E-state index in [1.807, 2.05) is 24.3 Å². The lowest BCUT2D eigenvalue weighted by atomic mass is 9.97. The third kappa shape index (κ3) is 4.40. The molecule has 4 rings (SSSR count). The number of hydrogen-bond acceptors (Lipinski definition) is 5. The van der Waals surface area contributed by atoms with Crippen LogP contribution in [0.4, 0.5) is 4.39 Å². The van der Waals surface area contributed by atoms with Crippen molar-refractivity contribution in [1.29, 1.82) is 0 Å². The molecule has 6 nitrogen and oxygen atoms in total. The summed E-state index contributed by atoms with van der Waals surface area (Å²) >= 11 is 0. The largest absolute Gasteiger partial charge is 0.496 e. The number of likely N-dealkylation sites (tertiary alicyclic amines) is 1. The van der Waals surface area contributed by atoms with Crippen molar-refractivity contribution in [2.75, 3.05) is 26.8 Å². The second-order valence-corrected chi connectivity index (χ2v) is 7.66. The van der Waals surface area contributed by atoms with Gasteiger partial charge in [-0.2, -0.15) is 0 Å². The van der Waals surface area contributed by atoms with Crippen molar-refractivity contribution in [1.82, 2.24) is 10.1 Å². The highest BCUT2D eigenvalue weighted by molar-refractivity contribution is 6.01. The van der Waals surface area contributed by atoms with Gasteiger partial charge in [0.1, 0.15) is 22.8 Å². The van der Waals surface area contributed by atoms with E-state index in [2.05, 4.69) is 5.16 Å². The van der Waals surface area contributed by atoms with E-state index in [1.54, 1.807) is 37.1 Å². The monoisotopic (exact) mass is 424 g/mol. The van der Waals surface area contributed by atoms with Crippen LogP contribution in [0.25, 0.3) is 11.3 Å². The van der Waals surface area contributed by atoms with Crippen LogP contribution in [0, 0.1) is 18.7 Å². The summed E-state index contributed by atoms with van der Waals surface area (Å²) in [5, 5.41) is 4.15. The van der Waals surface area contributed by atoms with Gasteiger partial charge < -0.3 is 18.9 Å². The van der Waals surface area contributed by atoms with Gasteiger partial charge in [-0.25, -0.2) is 4.39 Å². The smallest absolute Gasteiger partial charge is 0.259 e. The Morgan fingerprint density at radius 1 is 1.19 bits per heavy atom. The number of aromatic nitrogens is 1. The molecule has 162 valence electrons. The number of amides is 1. The van der Waals surface area contributed by atoms with Crippen LogP contribution < -0.4 is 9.47 Å². The Morgan fingerprint density at radius 3 is 2.71 bits per heavy atom. The van der Waals surface area contributed by atoms with E-state index in [0.717, 1.165) is 12.8 Å². The summed E-state index contributed by atoms with van der Waals surface area (Å²) < 4.78 is 30.3. The number of nitrogens with zero attached hydrogens (tertiary/aromatic N) is 2. The lowest BCUT2D eigenvalue weighted by molar-refractivity contribution is 0.0630. The lowest BCUT2D eigenvalue weighted by Crippen LogP contribution is -2.41. The molecule has 1 saturated heterocycles. The quantitative estimate of drug-likeness (QED) is 0.572. The Kier molecular flexibility index (Phi) is 6.21. The highest BCUT2D eigenvalue weighted by atomic mass is 19.1. The summed E-state index contributed by atoms with van der Waals surface area (Å²) in [4.78, 5) is 15.2. The summed E-state index contributed by atoms with van der Waals surface area (Å²) in [5.41, 5.74) is 1.63. The molecule has 0 bridgehead atoms. The molecule has 0 aliphatic carbocycles. The van der Waals surface area contributed by atoms with Gasteiger partial charge in [0.15, 0.2) is 11.6 Å². The molecule has 2 heterocycles. The number of carbonyl (C=O) groups is 1. The van der Waals surface area contributed by atoms with E-state index in [1.165, 1.54) is 6.07 Å². The van der Waals surface area contributed by atoms with Gasteiger partial charge in [0.2, 0.25) is 0 Å². The predicted molar refractivity (Wildman–Crippen MR) is 114 cm³/mol. The van der Waals surface area contributed by atoms with Crippen molar-refractivity contribution in [3.8, 4) is 22.8 Å². The van der Waals surface area contributed by atoms with Crippen molar-refractivity contribution < 1.29 is 23.2 Å². The minimum atomic E-state index is -0.382. The van der Waals surface area contributed by atoms with E-state index in [9.17, 15) is 9.18 Å². The Bertz CT molecular complexity index is 1070. The van der Waals surface area contributed by atoms with Gasteiger partial charge in [-0.05, 0) is 44.0 Å². The average molecular weight is 424 g/mol. The van der Waals surface area contributed by atoms with Gasteiger partial charge in [0.25, 0.3) is 5.91 Å². The fourth-order valence-electron chi connectivity index (χ4n) is 3.96. The molecule has 7 heteroatoms. The molecular formula is C24H25FN2O4. The van der Waals surface area contributed by atoms with Crippen molar-refractivity contribution in [3.05, 3.63) is 65.7 Å². The summed E-state index contributed by atoms with van der Waals surface area (Å²) in [6, 6.07) is 13.8. The number of ether oxygens (including phenoxy) is 2. The summed E-state index contributed by atoms with van der Waals surface area (Å²) in [5.74, 6) is 0.935. The van der Waals surface area contributed by atoms with Crippen LogP contribution in [-0.4, -0.2) is 42.8 Å². The zero-order valence-corrected chi connectivity index (χ0v) is 17.6. The van der Waals surface area contributed by atoms with E-state index in [4.69, 9.17) is 14.0 Å².